The van der Waals surface area contributed by atoms with Gasteiger partial charge in [0.05, 0.1) is 0 Å². The highest BCUT2D eigenvalue weighted by Gasteiger charge is 2.34. The number of carbonyl (C=O) groups excluding carboxylic acids is 1. The fourth-order valence-corrected chi connectivity index (χ4v) is 5.07. The number of carbonyl (C=O) groups is 1. The zero-order chi connectivity index (χ0) is 16.8. The van der Waals surface area contributed by atoms with Crippen molar-refractivity contribution in [2.24, 2.45) is 5.92 Å². The van der Waals surface area contributed by atoms with Crippen LogP contribution in [0.2, 0.25) is 0 Å². The molecule has 0 radical (unpaired) electrons. The second kappa shape index (κ2) is 8.59. The van der Waals surface area contributed by atoms with Gasteiger partial charge < -0.3 is 5.32 Å². The van der Waals surface area contributed by atoms with Gasteiger partial charge in [-0.2, -0.15) is 0 Å². The summed E-state index contributed by atoms with van der Waals surface area (Å²) in [6, 6.07) is 20.0. The first kappa shape index (κ1) is 17.4. The lowest BCUT2D eigenvalue weighted by atomic mass is 9.86. The van der Waals surface area contributed by atoms with Crippen molar-refractivity contribution < 1.29 is 4.79 Å². The predicted octanol–water partition coefficient (Wildman–Crippen LogP) is 5.58. The first-order chi connectivity index (χ1) is 11.7. The van der Waals surface area contributed by atoms with Crippen molar-refractivity contribution in [3.8, 4) is 0 Å². The number of rotatable bonds is 5. The molecule has 0 aromatic heterocycles. The van der Waals surface area contributed by atoms with E-state index in [-0.39, 0.29) is 16.5 Å². The molecule has 0 bridgehead atoms. The smallest absolute Gasteiger partial charge is 0.224 e. The number of hydrogen-bond donors (Lipinski definition) is 1. The molecule has 1 amide bonds. The maximum Gasteiger partial charge on any atom is 0.224 e. The Balaban J connectivity index is 1.64. The highest BCUT2D eigenvalue weighted by atomic mass is 35.5. The fourth-order valence-electron chi connectivity index (χ4n) is 3.22. The summed E-state index contributed by atoms with van der Waals surface area (Å²) in [5.41, 5.74) is 0.855. The van der Waals surface area contributed by atoms with Gasteiger partial charge in [-0.25, -0.2) is 0 Å². The number of amides is 1. The molecule has 1 aliphatic carbocycles. The Morgan fingerprint density at radius 2 is 1.71 bits per heavy atom. The molecule has 1 N–H and O–H groups in total. The number of benzene rings is 2. The summed E-state index contributed by atoms with van der Waals surface area (Å²) in [7, 11) is 0. The highest BCUT2D eigenvalue weighted by Crippen LogP contribution is 2.41. The van der Waals surface area contributed by atoms with Gasteiger partial charge in [0.2, 0.25) is 5.91 Å². The molecule has 1 aliphatic rings. The summed E-state index contributed by atoms with van der Waals surface area (Å²) in [6.07, 6.45) is 3.73. The Labute approximate surface area is 153 Å². The summed E-state index contributed by atoms with van der Waals surface area (Å²) in [6.45, 7) is 0. The maximum atomic E-state index is 12.4. The molecule has 24 heavy (non-hydrogen) atoms. The van der Waals surface area contributed by atoms with Crippen LogP contribution in [0.15, 0.2) is 65.6 Å². The van der Waals surface area contributed by atoms with Crippen LogP contribution in [0.4, 0.5) is 5.69 Å². The molecule has 3 rings (SSSR count). The largest absolute Gasteiger partial charge is 0.326 e. The van der Waals surface area contributed by atoms with E-state index in [1.54, 1.807) is 0 Å². The third-order valence-electron chi connectivity index (χ3n) is 4.40. The first-order valence-electron chi connectivity index (χ1n) is 8.43. The van der Waals surface area contributed by atoms with Gasteiger partial charge in [0.15, 0.2) is 0 Å². The van der Waals surface area contributed by atoms with E-state index < -0.39 is 0 Å². The summed E-state index contributed by atoms with van der Waals surface area (Å²) in [4.78, 5) is 13.6. The van der Waals surface area contributed by atoms with Gasteiger partial charge in [-0.1, -0.05) is 42.8 Å². The quantitative estimate of drug-likeness (QED) is 0.705. The number of thioether (sulfide) groups is 1. The van der Waals surface area contributed by atoms with E-state index in [0.29, 0.717) is 12.3 Å². The Hall–Kier alpha value is -1.45. The van der Waals surface area contributed by atoms with Gasteiger partial charge in [-0.15, -0.1) is 23.4 Å². The van der Waals surface area contributed by atoms with Crippen molar-refractivity contribution in [1.29, 1.82) is 0 Å². The van der Waals surface area contributed by atoms with E-state index in [1.807, 2.05) is 60.3 Å². The number of para-hydroxylation sites is 1. The van der Waals surface area contributed by atoms with Gasteiger partial charge in [0, 0.05) is 27.6 Å². The Kier molecular flexibility index (Phi) is 6.22. The lowest BCUT2D eigenvalue weighted by Gasteiger charge is -2.34. The normalized spacial score (nSPS) is 23.6. The molecule has 0 heterocycles. The summed E-state index contributed by atoms with van der Waals surface area (Å²) >= 11 is 8.44. The van der Waals surface area contributed by atoms with Gasteiger partial charge in [-0.05, 0) is 43.0 Å². The van der Waals surface area contributed by atoms with Crippen molar-refractivity contribution in [2.45, 2.75) is 41.2 Å². The molecular weight excluding hydrogens is 338 g/mol. The zero-order valence-corrected chi connectivity index (χ0v) is 15.1. The average Bonchev–Trinajstić information content (AvgIpc) is 2.60. The maximum absolute atomic E-state index is 12.4. The topological polar surface area (TPSA) is 29.1 Å². The lowest BCUT2D eigenvalue weighted by molar-refractivity contribution is -0.117. The van der Waals surface area contributed by atoms with E-state index in [4.69, 9.17) is 11.6 Å². The second-order valence-electron chi connectivity index (χ2n) is 6.22. The molecule has 3 unspecified atom stereocenters. The Morgan fingerprint density at radius 1 is 1.04 bits per heavy atom. The molecule has 3 atom stereocenters. The van der Waals surface area contributed by atoms with Crippen LogP contribution in [0.3, 0.4) is 0 Å². The van der Waals surface area contributed by atoms with Crippen molar-refractivity contribution in [3.05, 3.63) is 60.7 Å². The minimum absolute atomic E-state index is 0.0793. The molecule has 126 valence electrons. The number of alkyl halides is 1. The molecule has 0 saturated heterocycles. The van der Waals surface area contributed by atoms with Crippen LogP contribution in [-0.2, 0) is 4.79 Å². The van der Waals surface area contributed by atoms with Gasteiger partial charge in [0.25, 0.3) is 0 Å². The Bertz CT molecular complexity index is 649. The van der Waals surface area contributed by atoms with Crippen LogP contribution >= 0.6 is 23.4 Å². The van der Waals surface area contributed by atoms with Crippen molar-refractivity contribution >= 4 is 35.0 Å². The molecule has 2 nitrogen and oxygen atoms in total. The van der Waals surface area contributed by atoms with Crippen molar-refractivity contribution in [3.63, 3.8) is 0 Å². The van der Waals surface area contributed by atoms with Gasteiger partial charge >= 0.3 is 0 Å². The molecule has 1 fully saturated rings. The van der Waals surface area contributed by atoms with Crippen LogP contribution in [-0.4, -0.2) is 16.5 Å². The molecule has 0 spiro atoms. The van der Waals surface area contributed by atoms with Gasteiger partial charge in [0.1, 0.15) is 0 Å². The molecule has 1 saturated carbocycles. The summed E-state index contributed by atoms with van der Waals surface area (Å²) < 4.78 is 0. The standard InChI is InChI=1S/C20H22ClNOS/c21-18-13-7-8-15(20(18)24-17-11-5-2-6-12-17)14-19(23)22-16-9-3-1-4-10-16/h1-6,9-12,15,18,20H,7-8,13-14H2,(H,22,23). The predicted molar refractivity (Wildman–Crippen MR) is 103 cm³/mol. The summed E-state index contributed by atoms with van der Waals surface area (Å²) in [5, 5.41) is 3.40. The van der Waals surface area contributed by atoms with E-state index in [0.717, 1.165) is 24.9 Å². The number of nitrogens with one attached hydrogen (secondary N) is 1. The number of anilines is 1. The van der Waals surface area contributed by atoms with Crippen LogP contribution in [0.1, 0.15) is 25.7 Å². The minimum atomic E-state index is 0.0793. The average molecular weight is 360 g/mol. The lowest BCUT2D eigenvalue weighted by Crippen LogP contribution is -2.34. The number of hydrogen-bond acceptors (Lipinski definition) is 2. The van der Waals surface area contributed by atoms with E-state index in [1.165, 1.54) is 4.90 Å². The second-order valence-corrected chi connectivity index (χ2v) is 8.03. The fraction of sp³-hybridized carbons (Fsp3) is 0.350. The van der Waals surface area contributed by atoms with E-state index in [9.17, 15) is 4.79 Å². The summed E-state index contributed by atoms with van der Waals surface area (Å²) in [5.74, 6) is 0.394. The van der Waals surface area contributed by atoms with Crippen molar-refractivity contribution in [1.82, 2.24) is 0 Å². The van der Waals surface area contributed by atoms with Crippen LogP contribution in [0.25, 0.3) is 0 Å². The van der Waals surface area contributed by atoms with Gasteiger partial charge in [-0.3, -0.25) is 4.79 Å². The van der Waals surface area contributed by atoms with E-state index >= 15 is 0 Å². The monoisotopic (exact) mass is 359 g/mol. The third kappa shape index (κ3) is 4.78. The number of halogens is 1. The van der Waals surface area contributed by atoms with Crippen LogP contribution in [0, 0.1) is 5.92 Å². The molecular formula is C20H22ClNOS. The molecule has 2 aromatic rings. The molecule has 0 aliphatic heterocycles. The third-order valence-corrected chi connectivity index (χ3v) is 6.57. The molecule has 2 aromatic carbocycles. The van der Waals surface area contributed by atoms with Crippen LogP contribution in [0.5, 0.6) is 0 Å². The highest BCUT2D eigenvalue weighted by molar-refractivity contribution is 8.00. The minimum Gasteiger partial charge on any atom is -0.326 e. The Morgan fingerprint density at radius 3 is 2.42 bits per heavy atom. The zero-order valence-electron chi connectivity index (χ0n) is 13.5. The first-order valence-corrected chi connectivity index (χ1v) is 9.74. The molecule has 4 heteroatoms. The SMILES string of the molecule is O=C(CC1CCCC(Cl)C1Sc1ccccc1)Nc1ccccc1. The van der Waals surface area contributed by atoms with Crippen LogP contribution < -0.4 is 5.32 Å². The van der Waals surface area contributed by atoms with E-state index in [2.05, 4.69) is 17.4 Å². The van der Waals surface area contributed by atoms with Crippen molar-refractivity contribution in [2.75, 3.05) is 5.32 Å².